The molecule has 0 aliphatic heterocycles. The average molecular weight is 258 g/mol. The molecule has 1 rings (SSSR count). The van der Waals surface area contributed by atoms with Gasteiger partial charge in [-0.15, -0.1) is 0 Å². The van der Waals surface area contributed by atoms with Crippen molar-refractivity contribution < 1.29 is 4.79 Å². The van der Waals surface area contributed by atoms with Gasteiger partial charge in [-0.2, -0.15) is 0 Å². The van der Waals surface area contributed by atoms with E-state index >= 15 is 0 Å². The van der Waals surface area contributed by atoms with E-state index in [1.807, 2.05) is 13.1 Å². The van der Waals surface area contributed by atoms with Crippen molar-refractivity contribution in [3.8, 4) is 0 Å². The van der Waals surface area contributed by atoms with Gasteiger partial charge in [0.1, 0.15) is 5.82 Å². The lowest BCUT2D eigenvalue weighted by molar-refractivity contribution is -0.116. The molecule has 0 aromatic carbocycles. The molecule has 0 bridgehead atoms. The maximum absolute atomic E-state index is 11.3. The van der Waals surface area contributed by atoms with Crippen LogP contribution in [0.25, 0.3) is 0 Å². The number of anilines is 1. The van der Waals surface area contributed by atoms with E-state index in [-0.39, 0.29) is 5.91 Å². The highest BCUT2D eigenvalue weighted by atomic mass is 79.9. The summed E-state index contributed by atoms with van der Waals surface area (Å²) in [6.07, 6.45) is 2.10. The van der Waals surface area contributed by atoms with E-state index in [4.69, 9.17) is 0 Å². The molecule has 1 aromatic rings. The Morgan fingerprint density at radius 3 is 2.93 bits per heavy atom. The molecule has 14 heavy (non-hydrogen) atoms. The number of hydrogen-bond acceptors (Lipinski definition) is 3. The average Bonchev–Trinajstić information content (AvgIpc) is 2.18. The van der Waals surface area contributed by atoms with Crippen molar-refractivity contribution >= 4 is 27.7 Å². The van der Waals surface area contributed by atoms with Crippen molar-refractivity contribution in [1.82, 2.24) is 10.3 Å². The van der Waals surface area contributed by atoms with Crippen molar-refractivity contribution in [1.29, 1.82) is 0 Å². The number of halogens is 1. The topological polar surface area (TPSA) is 54.0 Å². The molecule has 4 nitrogen and oxygen atoms in total. The minimum atomic E-state index is -0.0332. The summed E-state index contributed by atoms with van der Waals surface area (Å²) in [4.78, 5) is 15.3. The summed E-state index contributed by atoms with van der Waals surface area (Å²) in [6, 6.07) is 3.59. The van der Waals surface area contributed by atoms with E-state index in [0.29, 0.717) is 18.8 Å². The summed E-state index contributed by atoms with van der Waals surface area (Å²) in [6.45, 7) is 0.669. The SMILES string of the molecule is CNCCC(=O)Nc1ccc(Br)cn1. The van der Waals surface area contributed by atoms with Crippen LogP contribution in [0.4, 0.5) is 5.82 Å². The number of amides is 1. The van der Waals surface area contributed by atoms with Gasteiger partial charge in [0.2, 0.25) is 5.91 Å². The highest BCUT2D eigenvalue weighted by Gasteiger charge is 2.01. The van der Waals surface area contributed by atoms with Crippen molar-refractivity contribution in [2.75, 3.05) is 18.9 Å². The van der Waals surface area contributed by atoms with Crippen molar-refractivity contribution in [3.05, 3.63) is 22.8 Å². The van der Waals surface area contributed by atoms with E-state index in [1.54, 1.807) is 12.3 Å². The van der Waals surface area contributed by atoms with Gasteiger partial charge in [0.25, 0.3) is 0 Å². The Balaban J connectivity index is 2.44. The lowest BCUT2D eigenvalue weighted by Crippen LogP contribution is -2.19. The number of pyridine rings is 1. The van der Waals surface area contributed by atoms with Crippen LogP contribution in [0.2, 0.25) is 0 Å². The predicted molar refractivity (Wildman–Crippen MR) is 59.1 cm³/mol. The van der Waals surface area contributed by atoms with Gasteiger partial charge in [0, 0.05) is 23.6 Å². The van der Waals surface area contributed by atoms with E-state index in [2.05, 4.69) is 31.5 Å². The Bertz CT molecular complexity index is 299. The largest absolute Gasteiger partial charge is 0.319 e. The summed E-state index contributed by atoms with van der Waals surface area (Å²) >= 11 is 3.27. The number of nitrogens with one attached hydrogen (secondary N) is 2. The van der Waals surface area contributed by atoms with Gasteiger partial charge >= 0.3 is 0 Å². The quantitative estimate of drug-likeness (QED) is 0.858. The van der Waals surface area contributed by atoms with Crippen molar-refractivity contribution in [3.63, 3.8) is 0 Å². The van der Waals surface area contributed by atoms with Crippen LogP contribution in [0.5, 0.6) is 0 Å². The van der Waals surface area contributed by atoms with E-state index < -0.39 is 0 Å². The molecule has 0 aliphatic rings. The van der Waals surface area contributed by atoms with Crippen LogP contribution in [-0.2, 0) is 4.79 Å². The molecule has 0 aliphatic carbocycles. The molecule has 0 unspecified atom stereocenters. The highest BCUT2D eigenvalue weighted by Crippen LogP contribution is 2.10. The van der Waals surface area contributed by atoms with Crippen LogP contribution >= 0.6 is 15.9 Å². The number of carbonyl (C=O) groups is 1. The second-order valence-corrected chi connectivity index (χ2v) is 3.68. The third-order valence-corrected chi connectivity index (χ3v) is 2.07. The molecule has 1 amide bonds. The molecule has 1 aromatic heterocycles. The van der Waals surface area contributed by atoms with E-state index in [0.717, 1.165) is 4.47 Å². The van der Waals surface area contributed by atoms with E-state index in [9.17, 15) is 4.79 Å². The van der Waals surface area contributed by atoms with Gasteiger partial charge in [-0.25, -0.2) is 4.98 Å². The molecule has 0 saturated carbocycles. The number of rotatable bonds is 4. The summed E-state index contributed by atoms with van der Waals surface area (Å²) in [5.41, 5.74) is 0. The summed E-state index contributed by atoms with van der Waals surface area (Å²) in [7, 11) is 1.81. The normalized spacial score (nSPS) is 9.86. The minimum absolute atomic E-state index is 0.0332. The zero-order chi connectivity index (χ0) is 10.4. The maximum atomic E-state index is 11.3. The molecular weight excluding hydrogens is 246 g/mol. The smallest absolute Gasteiger partial charge is 0.226 e. The fourth-order valence-corrected chi connectivity index (χ4v) is 1.13. The van der Waals surface area contributed by atoms with Crippen LogP contribution in [0.3, 0.4) is 0 Å². The molecule has 0 fully saturated rings. The number of hydrogen-bond donors (Lipinski definition) is 2. The molecule has 76 valence electrons. The first kappa shape index (κ1) is 11.1. The number of nitrogens with zero attached hydrogens (tertiary/aromatic N) is 1. The fraction of sp³-hybridized carbons (Fsp3) is 0.333. The van der Waals surface area contributed by atoms with Gasteiger partial charge < -0.3 is 10.6 Å². The zero-order valence-electron chi connectivity index (χ0n) is 7.88. The molecule has 5 heteroatoms. The molecule has 0 saturated heterocycles. The fourth-order valence-electron chi connectivity index (χ4n) is 0.894. The molecule has 1 heterocycles. The summed E-state index contributed by atoms with van der Waals surface area (Å²) in [5, 5.41) is 5.60. The minimum Gasteiger partial charge on any atom is -0.319 e. The van der Waals surface area contributed by atoms with Crippen LogP contribution < -0.4 is 10.6 Å². The first-order valence-electron chi connectivity index (χ1n) is 4.28. The number of aromatic nitrogens is 1. The first-order valence-corrected chi connectivity index (χ1v) is 5.07. The number of carbonyl (C=O) groups excluding carboxylic acids is 1. The van der Waals surface area contributed by atoms with Crippen LogP contribution in [0.15, 0.2) is 22.8 Å². The monoisotopic (exact) mass is 257 g/mol. The van der Waals surface area contributed by atoms with Gasteiger partial charge in [-0.05, 0) is 35.1 Å². The maximum Gasteiger partial charge on any atom is 0.226 e. The molecule has 2 N–H and O–H groups in total. The van der Waals surface area contributed by atoms with Gasteiger partial charge in [0.05, 0.1) is 0 Å². The summed E-state index contributed by atoms with van der Waals surface area (Å²) < 4.78 is 0.894. The van der Waals surface area contributed by atoms with Crippen LogP contribution in [0, 0.1) is 0 Å². The second-order valence-electron chi connectivity index (χ2n) is 2.76. The zero-order valence-corrected chi connectivity index (χ0v) is 9.47. The summed E-state index contributed by atoms with van der Waals surface area (Å²) in [5.74, 6) is 0.545. The lowest BCUT2D eigenvalue weighted by atomic mass is 10.4. The second kappa shape index (κ2) is 5.72. The van der Waals surface area contributed by atoms with Gasteiger partial charge in [-0.1, -0.05) is 0 Å². The predicted octanol–water partition coefficient (Wildman–Crippen LogP) is 1.39. The van der Waals surface area contributed by atoms with Crippen LogP contribution in [-0.4, -0.2) is 24.5 Å². The third kappa shape index (κ3) is 3.85. The molecule has 0 radical (unpaired) electrons. The Morgan fingerprint density at radius 2 is 2.36 bits per heavy atom. The van der Waals surface area contributed by atoms with Crippen molar-refractivity contribution in [2.24, 2.45) is 0 Å². The highest BCUT2D eigenvalue weighted by molar-refractivity contribution is 9.10. The Morgan fingerprint density at radius 1 is 1.57 bits per heavy atom. The lowest BCUT2D eigenvalue weighted by Gasteiger charge is -2.03. The first-order chi connectivity index (χ1) is 6.72. The Kier molecular flexibility index (Phi) is 4.55. The standard InChI is InChI=1S/C9H12BrN3O/c1-11-5-4-9(14)13-8-3-2-7(10)6-12-8/h2-3,6,11H,4-5H2,1H3,(H,12,13,14). The molecule has 0 atom stereocenters. The van der Waals surface area contributed by atoms with Gasteiger partial charge in [0.15, 0.2) is 0 Å². The van der Waals surface area contributed by atoms with Crippen molar-refractivity contribution in [2.45, 2.75) is 6.42 Å². The molecule has 0 spiro atoms. The Hall–Kier alpha value is -0.940. The molecular formula is C9H12BrN3O. The van der Waals surface area contributed by atoms with Crippen LogP contribution in [0.1, 0.15) is 6.42 Å². The van der Waals surface area contributed by atoms with Gasteiger partial charge in [-0.3, -0.25) is 4.79 Å². The Labute approximate surface area is 91.2 Å². The van der Waals surface area contributed by atoms with E-state index in [1.165, 1.54) is 0 Å². The third-order valence-electron chi connectivity index (χ3n) is 1.60.